The maximum atomic E-state index is 14.7. The van der Waals surface area contributed by atoms with Crippen molar-refractivity contribution < 1.29 is 14.3 Å². The summed E-state index contributed by atoms with van der Waals surface area (Å²) in [5, 5.41) is 9.26. The molecule has 8 heteroatoms. The third-order valence-corrected chi connectivity index (χ3v) is 5.35. The quantitative estimate of drug-likeness (QED) is 0.873. The van der Waals surface area contributed by atoms with Crippen molar-refractivity contribution in [1.82, 2.24) is 9.55 Å². The summed E-state index contributed by atoms with van der Waals surface area (Å²) in [4.78, 5) is 30.0. The Balaban J connectivity index is 1.97. The predicted molar refractivity (Wildman–Crippen MR) is 90.6 cm³/mol. The monoisotopic (exact) mass is 346 g/mol. The van der Waals surface area contributed by atoms with Gasteiger partial charge in [-0.3, -0.25) is 4.79 Å². The lowest BCUT2D eigenvalue weighted by Crippen LogP contribution is -2.72. The van der Waals surface area contributed by atoms with Crippen LogP contribution in [0.3, 0.4) is 0 Å². The third kappa shape index (κ3) is 2.24. The summed E-state index contributed by atoms with van der Waals surface area (Å²) in [6, 6.07) is 1.11. The van der Waals surface area contributed by atoms with Gasteiger partial charge in [-0.15, -0.1) is 0 Å². The SMILES string of the molecule is CC1(C)C(N)CN1c1nc2c(cc1F)c(=O)c(C(=O)O)cn2C1CC1. The molecule has 7 nitrogen and oxygen atoms in total. The fraction of sp³-hybridized carbons (Fsp3) is 0.471. The first-order valence-electron chi connectivity index (χ1n) is 8.23. The molecule has 0 amide bonds. The molecule has 1 unspecified atom stereocenters. The van der Waals surface area contributed by atoms with E-state index in [0.717, 1.165) is 18.9 Å². The Hall–Kier alpha value is -2.48. The number of anilines is 1. The zero-order valence-electron chi connectivity index (χ0n) is 14.0. The predicted octanol–water partition coefficient (Wildman–Crippen LogP) is 1.49. The third-order valence-electron chi connectivity index (χ3n) is 5.35. The van der Waals surface area contributed by atoms with E-state index in [1.165, 1.54) is 6.20 Å². The Morgan fingerprint density at radius 2 is 2.12 bits per heavy atom. The highest BCUT2D eigenvalue weighted by atomic mass is 19.1. The highest BCUT2D eigenvalue weighted by Gasteiger charge is 2.46. The van der Waals surface area contributed by atoms with Crippen LogP contribution in [0.1, 0.15) is 43.1 Å². The number of fused-ring (bicyclic) bond motifs is 1. The minimum atomic E-state index is -1.32. The first kappa shape index (κ1) is 16.0. The molecule has 1 aliphatic heterocycles. The van der Waals surface area contributed by atoms with Gasteiger partial charge in [0.1, 0.15) is 11.2 Å². The van der Waals surface area contributed by atoms with Gasteiger partial charge in [-0.25, -0.2) is 14.2 Å². The fourth-order valence-electron chi connectivity index (χ4n) is 3.31. The van der Waals surface area contributed by atoms with Gasteiger partial charge in [-0.05, 0) is 32.8 Å². The van der Waals surface area contributed by atoms with Crippen LogP contribution in [-0.4, -0.2) is 38.8 Å². The van der Waals surface area contributed by atoms with Gasteiger partial charge in [0.2, 0.25) is 5.43 Å². The molecule has 2 aromatic heterocycles. The highest BCUT2D eigenvalue weighted by molar-refractivity contribution is 5.92. The van der Waals surface area contributed by atoms with Crippen LogP contribution in [-0.2, 0) is 0 Å². The Morgan fingerprint density at radius 3 is 2.64 bits per heavy atom. The second kappa shape index (κ2) is 5.01. The van der Waals surface area contributed by atoms with Crippen molar-refractivity contribution in [2.75, 3.05) is 11.4 Å². The molecule has 132 valence electrons. The van der Waals surface area contributed by atoms with Crippen LogP contribution < -0.4 is 16.1 Å². The van der Waals surface area contributed by atoms with E-state index in [-0.39, 0.29) is 28.9 Å². The molecule has 25 heavy (non-hydrogen) atoms. The Bertz CT molecular complexity index is 964. The Kier molecular flexibility index (Phi) is 3.21. The number of halogens is 1. The summed E-state index contributed by atoms with van der Waals surface area (Å²) >= 11 is 0. The molecule has 3 N–H and O–H groups in total. The molecular formula is C17H19FN4O3. The summed E-state index contributed by atoms with van der Waals surface area (Å²) in [6.07, 6.45) is 3.09. The number of aromatic carboxylic acids is 1. The lowest BCUT2D eigenvalue weighted by atomic mass is 9.83. The Labute approximate surface area is 142 Å². The normalized spacial score (nSPS) is 22.1. The van der Waals surface area contributed by atoms with Crippen molar-refractivity contribution in [3.63, 3.8) is 0 Å². The van der Waals surface area contributed by atoms with Crippen LogP contribution in [0.2, 0.25) is 0 Å². The summed E-state index contributed by atoms with van der Waals surface area (Å²) in [6.45, 7) is 4.30. The number of rotatable bonds is 3. The molecule has 1 atom stereocenters. The lowest BCUT2D eigenvalue weighted by molar-refractivity contribution is 0.0695. The van der Waals surface area contributed by atoms with E-state index in [1.807, 2.05) is 13.8 Å². The number of carboxylic acids is 1. The van der Waals surface area contributed by atoms with Crippen LogP contribution in [0.25, 0.3) is 11.0 Å². The van der Waals surface area contributed by atoms with E-state index in [2.05, 4.69) is 4.98 Å². The minimum absolute atomic E-state index is 0.00400. The molecule has 4 rings (SSSR count). The molecule has 2 aliphatic rings. The maximum absolute atomic E-state index is 14.7. The summed E-state index contributed by atoms with van der Waals surface area (Å²) in [7, 11) is 0. The molecule has 2 fully saturated rings. The van der Waals surface area contributed by atoms with Gasteiger partial charge < -0.3 is 20.3 Å². The number of hydrogen-bond donors (Lipinski definition) is 2. The minimum Gasteiger partial charge on any atom is -0.477 e. The van der Waals surface area contributed by atoms with Gasteiger partial charge in [0.05, 0.1) is 10.9 Å². The number of hydrogen-bond acceptors (Lipinski definition) is 5. The van der Waals surface area contributed by atoms with E-state index in [4.69, 9.17) is 5.73 Å². The number of aromatic nitrogens is 2. The summed E-state index contributed by atoms with van der Waals surface area (Å²) in [5.41, 5.74) is 4.81. The smallest absolute Gasteiger partial charge is 0.341 e. The zero-order valence-corrected chi connectivity index (χ0v) is 14.0. The zero-order chi connectivity index (χ0) is 18.1. The maximum Gasteiger partial charge on any atom is 0.341 e. The molecular weight excluding hydrogens is 327 g/mol. The average molecular weight is 346 g/mol. The van der Waals surface area contributed by atoms with Gasteiger partial charge in [0.15, 0.2) is 11.6 Å². The van der Waals surface area contributed by atoms with Gasteiger partial charge in [-0.2, -0.15) is 0 Å². The van der Waals surface area contributed by atoms with E-state index in [9.17, 15) is 19.1 Å². The van der Waals surface area contributed by atoms with Gasteiger partial charge in [0, 0.05) is 24.8 Å². The van der Waals surface area contributed by atoms with Crippen molar-refractivity contribution >= 4 is 22.8 Å². The highest BCUT2D eigenvalue weighted by Crippen LogP contribution is 2.39. The first-order valence-corrected chi connectivity index (χ1v) is 8.23. The molecule has 1 saturated heterocycles. The van der Waals surface area contributed by atoms with E-state index in [1.54, 1.807) is 9.47 Å². The molecule has 2 aromatic rings. The first-order chi connectivity index (χ1) is 11.7. The lowest BCUT2D eigenvalue weighted by Gasteiger charge is -2.54. The molecule has 0 bridgehead atoms. The molecule has 0 spiro atoms. The van der Waals surface area contributed by atoms with Crippen molar-refractivity contribution in [3.8, 4) is 0 Å². The van der Waals surface area contributed by atoms with Crippen molar-refractivity contribution in [3.05, 3.63) is 33.9 Å². The van der Waals surface area contributed by atoms with Crippen LogP contribution in [0.15, 0.2) is 17.1 Å². The summed E-state index contributed by atoms with van der Waals surface area (Å²) in [5.74, 6) is -1.81. The average Bonchev–Trinajstić information content (AvgIpc) is 3.37. The molecule has 1 saturated carbocycles. The van der Waals surface area contributed by atoms with E-state index >= 15 is 0 Å². The Morgan fingerprint density at radius 1 is 1.44 bits per heavy atom. The number of nitrogens with two attached hydrogens (primary N) is 1. The van der Waals surface area contributed by atoms with Crippen molar-refractivity contribution in [1.29, 1.82) is 0 Å². The van der Waals surface area contributed by atoms with Crippen LogP contribution in [0.4, 0.5) is 10.2 Å². The number of nitrogens with zero attached hydrogens (tertiary/aromatic N) is 3. The molecule has 0 aromatic carbocycles. The topological polar surface area (TPSA) is 101 Å². The largest absolute Gasteiger partial charge is 0.477 e. The fourth-order valence-corrected chi connectivity index (χ4v) is 3.31. The number of carboxylic acid groups (broad SMARTS) is 1. The van der Waals surface area contributed by atoms with Crippen LogP contribution in [0.5, 0.6) is 0 Å². The second-order valence-electron chi connectivity index (χ2n) is 7.35. The summed E-state index contributed by atoms with van der Waals surface area (Å²) < 4.78 is 16.4. The molecule has 3 heterocycles. The number of carbonyl (C=O) groups is 1. The van der Waals surface area contributed by atoms with Crippen LogP contribution >= 0.6 is 0 Å². The standard InChI is InChI=1S/C17H19FN4O3/c1-17(2)12(19)7-22(17)15-11(18)5-9-13(23)10(16(24)25)6-21(8-3-4-8)14(9)20-15/h5-6,8,12H,3-4,7,19H2,1-2H3,(H,24,25). The van der Waals surface area contributed by atoms with Gasteiger partial charge >= 0.3 is 5.97 Å². The van der Waals surface area contributed by atoms with Crippen LogP contribution in [0, 0.1) is 5.82 Å². The number of pyridine rings is 2. The van der Waals surface area contributed by atoms with Crippen molar-refractivity contribution in [2.45, 2.75) is 44.3 Å². The molecule has 1 aliphatic carbocycles. The molecule has 0 radical (unpaired) electrons. The van der Waals surface area contributed by atoms with Crippen molar-refractivity contribution in [2.24, 2.45) is 5.73 Å². The van der Waals surface area contributed by atoms with E-state index in [0.29, 0.717) is 12.2 Å². The van der Waals surface area contributed by atoms with E-state index < -0.39 is 22.8 Å². The van der Waals surface area contributed by atoms with Gasteiger partial charge in [-0.1, -0.05) is 0 Å². The van der Waals surface area contributed by atoms with Gasteiger partial charge in [0.25, 0.3) is 0 Å². The second-order valence-corrected chi connectivity index (χ2v) is 7.35.